The molecule has 31 heavy (non-hydrogen) atoms. The minimum absolute atomic E-state index is 0.0674. The van der Waals surface area contributed by atoms with Crippen molar-refractivity contribution < 1.29 is 9.59 Å². The van der Waals surface area contributed by atoms with Crippen molar-refractivity contribution in [1.82, 2.24) is 10.2 Å². The number of thioether (sulfide) groups is 1. The highest BCUT2D eigenvalue weighted by molar-refractivity contribution is 7.99. The molecular weight excluding hydrogens is 451 g/mol. The second kappa shape index (κ2) is 13.0. The van der Waals surface area contributed by atoms with Crippen LogP contribution < -0.4 is 5.32 Å². The van der Waals surface area contributed by atoms with Crippen LogP contribution in [0.1, 0.15) is 38.3 Å². The Bertz CT molecular complexity index is 844. The lowest BCUT2D eigenvalue weighted by Gasteiger charge is -2.29. The maximum absolute atomic E-state index is 13.1. The van der Waals surface area contributed by atoms with Gasteiger partial charge < -0.3 is 10.2 Å². The van der Waals surface area contributed by atoms with E-state index >= 15 is 0 Å². The summed E-state index contributed by atoms with van der Waals surface area (Å²) in [6.07, 6.45) is 1.53. The van der Waals surface area contributed by atoms with Crippen molar-refractivity contribution in [2.75, 3.05) is 12.3 Å². The molecule has 2 rings (SSSR count). The molecule has 0 aliphatic heterocycles. The first-order valence-electron chi connectivity index (χ1n) is 10.5. The molecule has 0 aromatic heterocycles. The molecule has 4 nitrogen and oxygen atoms in total. The lowest BCUT2D eigenvalue weighted by Crippen LogP contribution is -2.51. The van der Waals surface area contributed by atoms with Crippen LogP contribution in [0, 0.1) is 0 Å². The van der Waals surface area contributed by atoms with Crippen LogP contribution in [0.2, 0.25) is 10.0 Å². The number of carbonyl (C=O) groups excluding carboxylic acids is 2. The number of nitrogens with one attached hydrogen (secondary N) is 1. The Morgan fingerprint density at radius 3 is 2.29 bits per heavy atom. The van der Waals surface area contributed by atoms with E-state index in [-0.39, 0.29) is 23.6 Å². The van der Waals surface area contributed by atoms with Gasteiger partial charge in [0.25, 0.3) is 0 Å². The van der Waals surface area contributed by atoms with Crippen molar-refractivity contribution in [2.24, 2.45) is 0 Å². The van der Waals surface area contributed by atoms with E-state index in [0.717, 1.165) is 17.5 Å². The molecule has 2 aromatic carbocycles. The van der Waals surface area contributed by atoms with Gasteiger partial charge in [0.1, 0.15) is 6.04 Å². The zero-order valence-electron chi connectivity index (χ0n) is 18.2. The molecule has 0 aliphatic carbocycles. The first-order chi connectivity index (χ1) is 14.8. The fraction of sp³-hybridized carbons (Fsp3) is 0.417. The minimum atomic E-state index is -0.547. The highest BCUT2D eigenvalue weighted by atomic mass is 35.5. The molecule has 168 valence electrons. The average Bonchev–Trinajstić information content (AvgIpc) is 2.76. The van der Waals surface area contributed by atoms with Crippen LogP contribution in [0.25, 0.3) is 0 Å². The predicted octanol–water partition coefficient (Wildman–Crippen LogP) is 5.60. The molecule has 0 unspecified atom stereocenters. The summed E-state index contributed by atoms with van der Waals surface area (Å²) in [5, 5.41) is 4.17. The van der Waals surface area contributed by atoms with Gasteiger partial charge in [-0.25, -0.2) is 0 Å². The van der Waals surface area contributed by atoms with Gasteiger partial charge in [-0.05, 0) is 49.9 Å². The maximum atomic E-state index is 13.1. The lowest BCUT2D eigenvalue weighted by atomic mass is 10.1. The first-order valence-corrected chi connectivity index (χ1v) is 12.4. The van der Waals surface area contributed by atoms with E-state index in [1.165, 1.54) is 11.8 Å². The van der Waals surface area contributed by atoms with E-state index < -0.39 is 6.04 Å². The molecule has 0 saturated carbocycles. The summed E-state index contributed by atoms with van der Waals surface area (Å²) in [6.45, 7) is 6.25. The number of rotatable bonds is 11. The van der Waals surface area contributed by atoms with Crippen molar-refractivity contribution in [1.29, 1.82) is 0 Å². The van der Waals surface area contributed by atoms with Gasteiger partial charge in [-0.3, -0.25) is 9.59 Å². The Morgan fingerprint density at radius 1 is 1.03 bits per heavy atom. The van der Waals surface area contributed by atoms with Gasteiger partial charge in [0.05, 0.1) is 5.75 Å². The van der Waals surface area contributed by atoms with E-state index in [9.17, 15) is 9.59 Å². The van der Waals surface area contributed by atoms with Crippen molar-refractivity contribution in [3.63, 3.8) is 0 Å². The number of hydrogen-bond acceptors (Lipinski definition) is 3. The molecule has 0 saturated heterocycles. The molecular formula is C24H30Cl2N2O2S. The van der Waals surface area contributed by atoms with Gasteiger partial charge in [0, 0.05) is 28.4 Å². The van der Waals surface area contributed by atoms with Crippen LogP contribution >= 0.6 is 35.0 Å². The zero-order chi connectivity index (χ0) is 22.8. The standard InChI is InChI=1S/C24H30Cl2N2O2S/c1-4-17(2)27-24(30)18(3)28(14-13-19-9-6-5-7-10-19)23(29)16-31-15-20-21(25)11-8-12-22(20)26/h5-12,17-18H,4,13-16H2,1-3H3,(H,27,30)/t17-,18-/m1/s1. The first kappa shape index (κ1) is 25.6. The highest BCUT2D eigenvalue weighted by Gasteiger charge is 2.26. The van der Waals surface area contributed by atoms with Crippen molar-refractivity contribution in [2.45, 2.75) is 51.4 Å². The monoisotopic (exact) mass is 480 g/mol. The SMILES string of the molecule is CC[C@@H](C)NC(=O)[C@@H](C)N(CCc1ccccc1)C(=O)CSCc1c(Cl)cccc1Cl. The second-order valence-corrected chi connectivity index (χ2v) is 9.31. The third kappa shape index (κ3) is 8.06. The summed E-state index contributed by atoms with van der Waals surface area (Å²) in [5.41, 5.74) is 1.95. The number of benzene rings is 2. The topological polar surface area (TPSA) is 49.4 Å². The quantitative estimate of drug-likeness (QED) is 0.455. The van der Waals surface area contributed by atoms with Crippen molar-refractivity contribution in [3.8, 4) is 0 Å². The second-order valence-electron chi connectivity index (χ2n) is 7.51. The lowest BCUT2D eigenvalue weighted by molar-refractivity contribution is -0.138. The van der Waals surface area contributed by atoms with Crippen molar-refractivity contribution in [3.05, 3.63) is 69.7 Å². The third-order valence-corrected chi connectivity index (χ3v) is 6.84. The van der Waals surface area contributed by atoms with Gasteiger partial charge in [-0.1, -0.05) is 66.5 Å². The molecule has 0 fully saturated rings. The molecule has 2 atom stereocenters. The van der Waals surface area contributed by atoms with Gasteiger partial charge in [-0.2, -0.15) is 0 Å². The summed E-state index contributed by atoms with van der Waals surface area (Å²) in [4.78, 5) is 27.5. The molecule has 2 aromatic rings. The van der Waals surface area contributed by atoms with E-state index in [1.54, 1.807) is 30.0 Å². The number of amides is 2. The molecule has 0 bridgehead atoms. The highest BCUT2D eigenvalue weighted by Crippen LogP contribution is 2.28. The van der Waals surface area contributed by atoms with Gasteiger partial charge >= 0.3 is 0 Å². The number of hydrogen-bond donors (Lipinski definition) is 1. The van der Waals surface area contributed by atoms with Crippen LogP contribution in [0.4, 0.5) is 0 Å². The van der Waals surface area contributed by atoms with Crippen LogP contribution in [0.15, 0.2) is 48.5 Å². The predicted molar refractivity (Wildman–Crippen MR) is 132 cm³/mol. The van der Waals surface area contributed by atoms with E-state index in [0.29, 0.717) is 28.8 Å². The van der Waals surface area contributed by atoms with Crippen molar-refractivity contribution >= 4 is 46.8 Å². The Morgan fingerprint density at radius 2 is 1.68 bits per heavy atom. The zero-order valence-corrected chi connectivity index (χ0v) is 20.6. The molecule has 2 amide bonds. The maximum Gasteiger partial charge on any atom is 0.242 e. The van der Waals surface area contributed by atoms with Gasteiger partial charge in [0.2, 0.25) is 11.8 Å². The molecule has 0 spiro atoms. The van der Waals surface area contributed by atoms with Crippen LogP contribution in [-0.2, 0) is 21.8 Å². The summed E-state index contributed by atoms with van der Waals surface area (Å²) in [5.74, 6) is 0.576. The van der Waals surface area contributed by atoms with Gasteiger partial charge in [-0.15, -0.1) is 11.8 Å². The molecule has 0 heterocycles. The molecule has 0 radical (unpaired) electrons. The fourth-order valence-corrected chi connectivity index (χ4v) is 4.68. The fourth-order valence-electron chi connectivity index (χ4n) is 3.03. The van der Waals surface area contributed by atoms with Crippen LogP contribution in [-0.4, -0.2) is 41.1 Å². The summed E-state index contributed by atoms with van der Waals surface area (Å²) in [7, 11) is 0. The molecule has 7 heteroatoms. The third-order valence-electron chi connectivity index (χ3n) is 5.19. The molecule has 0 aliphatic rings. The number of carbonyl (C=O) groups is 2. The van der Waals surface area contributed by atoms with Crippen LogP contribution in [0.3, 0.4) is 0 Å². The summed E-state index contributed by atoms with van der Waals surface area (Å²) < 4.78 is 0. The van der Waals surface area contributed by atoms with E-state index in [1.807, 2.05) is 44.2 Å². The smallest absolute Gasteiger partial charge is 0.242 e. The summed E-state index contributed by atoms with van der Waals surface area (Å²) >= 11 is 13.9. The Balaban J connectivity index is 2.04. The Hall–Kier alpha value is -1.69. The number of nitrogens with zero attached hydrogens (tertiary/aromatic N) is 1. The van der Waals surface area contributed by atoms with Crippen LogP contribution in [0.5, 0.6) is 0 Å². The normalized spacial score (nSPS) is 12.8. The Kier molecular flexibility index (Phi) is 10.7. The summed E-state index contributed by atoms with van der Waals surface area (Å²) in [6, 6.07) is 14.9. The number of halogens is 2. The van der Waals surface area contributed by atoms with E-state index in [4.69, 9.17) is 23.2 Å². The average molecular weight is 481 g/mol. The van der Waals surface area contributed by atoms with E-state index in [2.05, 4.69) is 5.32 Å². The largest absolute Gasteiger partial charge is 0.352 e. The molecule has 1 N–H and O–H groups in total. The van der Waals surface area contributed by atoms with Gasteiger partial charge in [0.15, 0.2) is 0 Å². The Labute approximate surface area is 199 Å². The minimum Gasteiger partial charge on any atom is -0.352 e.